The van der Waals surface area contributed by atoms with Crippen LogP contribution < -0.4 is 14.4 Å². The molecule has 0 radical (unpaired) electrons. The zero-order valence-corrected chi connectivity index (χ0v) is 19.5. The number of piperazine rings is 1. The highest BCUT2D eigenvalue weighted by atomic mass is 32.1. The van der Waals surface area contributed by atoms with Crippen molar-refractivity contribution in [1.82, 2.24) is 14.9 Å². The number of benzene rings is 1. The van der Waals surface area contributed by atoms with E-state index in [1.165, 1.54) is 6.26 Å². The number of rotatable bonds is 5. The van der Waals surface area contributed by atoms with E-state index in [4.69, 9.17) is 18.9 Å². The topological polar surface area (TPSA) is 80.9 Å². The van der Waals surface area contributed by atoms with Crippen molar-refractivity contribution >= 4 is 33.3 Å². The summed E-state index contributed by atoms with van der Waals surface area (Å²) >= 11 is 1.60. The SMILES string of the molecule is COc1ccc(-c2csc3nc(C)nc(N4CCN(C(=O)c5ccco5)CC4)c23)cc1OC. The maximum atomic E-state index is 12.6. The number of hydrogen-bond acceptors (Lipinski definition) is 8. The fourth-order valence-electron chi connectivity index (χ4n) is 4.15. The zero-order valence-electron chi connectivity index (χ0n) is 18.7. The molecule has 5 rings (SSSR count). The molecule has 1 fully saturated rings. The molecule has 33 heavy (non-hydrogen) atoms. The number of nitrogens with zero attached hydrogens (tertiary/aromatic N) is 4. The van der Waals surface area contributed by atoms with Crippen molar-refractivity contribution < 1.29 is 18.7 Å². The largest absolute Gasteiger partial charge is 0.493 e. The normalized spacial score (nSPS) is 14.0. The molecule has 0 spiro atoms. The number of carbonyl (C=O) groups excluding carboxylic acids is 1. The van der Waals surface area contributed by atoms with Crippen molar-refractivity contribution in [1.29, 1.82) is 0 Å². The van der Waals surface area contributed by atoms with Gasteiger partial charge in [0.2, 0.25) is 0 Å². The van der Waals surface area contributed by atoms with Gasteiger partial charge >= 0.3 is 0 Å². The van der Waals surface area contributed by atoms with E-state index in [1.54, 1.807) is 37.7 Å². The molecule has 1 aliphatic rings. The minimum Gasteiger partial charge on any atom is -0.493 e. The van der Waals surface area contributed by atoms with Crippen LogP contribution in [-0.2, 0) is 0 Å². The third-order valence-corrected chi connectivity index (χ3v) is 6.69. The molecule has 4 aromatic rings. The lowest BCUT2D eigenvalue weighted by Gasteiger charge is -2.35. The van der Waals surface area contributed by atoms with Gasteiger partial charge in [-0.2, -0.15) is 0 Å². The summed E-state index contributed by atoms with van der Waals surface area (Å²) in [4.78, 5) is 27.2. The summed E-state index contributed by atoms with van der Waals surface area (Å²) in [5.74, 6) is 3.28. The predicted octanol–water partition coefficient (Wildman–Crippen LogP) is 4.24. The number of aryl methyl sites for hydroxylation is 1. The first-order valence-electron chi connectivity index (χ1n) is 10.6. The number of methoxy groups -OCH3 is 2. The molecule has 0 bridgehead atoms. The number of aromatic nitrogens is 2. The number of carbonyl (C=O) groups is 1. The maximum absolute atomic E-state index is 12.6. The lowest BCUT2D eigenvalue weighted by atomic mass is 10.0. The van der Waals surface area contributed by atoms with Gasteiger partial charge < -0.3 is 23.7 Å². The molecule has 170 valence electrons. The average Bonchev–Trinajstić information content (AvgIpc) is 3.53. The Hall–Kier alpha value is -3.59. The van der Waals surface area contributed by atoms with E-state index < -0.39 is 0 Å². The average molecular weight is 465 g/mol. The third-order valence-electron chi connectivity index (χ3n) is 5.82. The number of fused-ring (bicyclic) bond motifs is 1. The van der Waals surface area contributed by atoms with Crippen LogP contribution in [0.2, 0.25) is 0 Å². The predicted molar refractivity (Wildman–Crippen MR) is 128 cm³/mol. The Balaban J connectivity index is 1.48. The molecule has 0 aliphatic carbocycles. The van der Waals surface area contributed by atoms with Gasteiger partial charge in [0.05, 0.1) is 25.9 Å². The Morgan fingerprint density at radius 2 is 1.85 bits per heavy atom. The standard InChI is InChI=1S/C24H24N4O4S/c1-15-25-22(27-8-10-28(11-9-27)24(29)19-5-4-12-32-19)21-17(14-33-23(21)26-15)16-6-7-18(30-2)20(13-16)31-3/h4-7,12-14H,8-11H2,1-3H3. The van der Waals surface area contributed by atoms with Crippen LogP contribution in [0.3, 0.4) is 0 Å². The van der Waals surface area contributed by atoms with Crippen LogP contribution in [0, 0.1) is 6.92 Å². The first kappa shape index (κ1) is 21.3. The molecule has 4 heterocycles. The van der Waals surface area contributed by atoms with E-state index in [2.05, 4.69) is 15.3 Å². The summed E-state index contributed by atoms with van der Waals surface area (Å²) in [6.07, 6.45) is 1.52. The maximum Gasteiger partial charge on any atom is 0.289 e. The van der Waals surface area contributed by atoms with Gasteiger partial charge in [0, 0.05) is 37.1 Å². The van der Waals surface area contributed by atoms with Crippen molar-refractivity contribution in [2.45, 2.75) is 6.92 Å². The Morgan fingerprint density at radius 3 is 2.55 bits per heavy atom. The molecule has 9 heteroatoms. The van der Waals surface area contributed by atoms with E-state index >= 15 is 0 Å². The molecule has 0 N–H and O–H groups in total. The van der Waals surface area contributed by atoms with E-state index in [-0.39, 0.29) is 5.91 Å². The van der Waals surface area contributed by atoms with Crippen molar-refractivity contribution in [2.24, 2.45) is 0 Å². The summed E-state index contributed by atoms with van der Waals surface area (Å²) in [6.45, 7) is 4.47. The van der Waals surface area contributed by atoms with E-state index in [9.17, 15) is 4.79 Å². The minimum absolute atomic E-state index is 0.0785. The number of thiophene rings is 1. The molecule has 0 saturated carbocycles. The van der Waals surface area contributed by atoms with Crippen LogP contribution in [0.5, 0.6) is 11.5 Å². The van der Waals surface area contributed by atoms with Gasteiger partial charge in [0.1, 0.15) is 16.5 Å². The van der Waals surface area contributed by atoms with Gasteiger partial charge in [0.15, 0.2) is 17.3 Å². The number of anilines is 1. The lowest BCUT2D eigenvalue weighted by molar-refractivity contribution is 0.0714. The molecular weight excluding hydrogens is 440 g/mol. The van der Waals surface area contributed by atoms with Crippen LogP contribution in [0.25, 0.3) is 21.3 Å². The van der Waals surface area contributed by atoms with Crippen LogP contribution in [0.1, 0.15) is 16.4 Å². The number of amides is 1. The third kappa shape index (κ3) is 3.89. The molecule has 1 aliphatic heterocycles. The molecular formula is C24H24N4O4S. The molecule has 1 amide bonds. The van der Waals surface area contributed by atoms with Gasteiger partial charge in [-0.1, -0.05) is 6.07 Å². The fraction of sp³-hybridized carbons (Fsp3) is 0.292. The quantitative estimate of drug-likeness (QED) is 0.437. The second kappa shape index (κ2) is 8.74. The van der Waals surface area contributed by atoms with Crippen molar-refractivity contribution in [3.05, 3.63) is 53.6 Å². The first-order chi connectivity index (χ1) is 16.1. The Bertz CT molecular complexity index is 1290. The highest BCUT2D eigenvalue weighted by molar-refractivity contribution is 7.17. The van der Waals surface area contributed by atoms with Gasteiger partial charge in [-0.05, 0) is 36.8 Å². The fourth-order valence-corrected chi connectivity index (χ4v) is 5.14. The Kier molecular flexibility index (Phi) is 5.63. The first-order valence-corrected chi connectivity index (χ1v) is 11.5. The Labute approximate surface area is 195 Å². The summed E-state index contributed by atoms with van der Waals surface area (Å²) in [5, 5.41) is 3.13. The van der Waals surface area contributed by atoms with Crippen molar-refractivity contribution in [3.8, 4) is 22.6 Å². The van der Waals surface area contributed by atoms with Gasteiger partial charge in [0.25, 0.3) is 5.91 Å². The van der Waals surface area contributed by atoms with Crippen molar-refractivity contribution in [2.75, 3.05) is 45.3 Å². The second-order valence-corrected chi connectivity index (χ2v) is 8.61. The molecule has 1 aromatic carbocycles. The smallest absolute Gasteiger partial charge is 0.289 e. The van der Waals surface area contributed by atoms with Crippen LogP contribution in [0.4, 0.5) is 5.82 Å². The summed E-state index contributed by atoms with van der Waals surface area (Å²) in [7, 11) is 3.26. The Morgan fingerprint density at radius 1 is 1.06 bits per heavy atom. The number of hydrogen-bond donors (Lipinski definition) is 0. The highest BCUT2D eigenvalue weighted by Crippen LogP contribution is 2.41. The van der Waals surface area contributed by atoms with E-state index in [0.717, 1.165) is 33.0 Å². The van der Waals surface area contributed by atoms with E-state index in [1.807, 2.05) is 30.0 Å². The highest BCUT2D eigenvalue weighted by Gasteiger charge is 2.27. The van der Waals surface area contributed by atoms with Gasteiger partial charge in [-0.15, -0.1) is 11.3 Å². The number of ether oxygens (including phenoxy) is 2. The van der Waals surface area contributed by atoms with E-state index in [0.29, 0.717) is 43.4 Å². The summed E-state index contributed by atoms with van der Waals surface area (Å²) < 4.78 is 16.2. The second-order valence-electron chi connectivity index (χ2n) is 7.75. The molecule has 1 saturated heterocycles. The summed E-state index contributed by atoms with van der Waals surface area (Å²) in [6, 6.07) is 9.34. The van der Waals surface area contributed by atoms with Crippen LogP contribution in [-0.4, -0.2) is 61.2 Å². The van der Waals surface area contributed by atoms with Gasteiger partial charge in [-0.3, -0.25) is 4.79 Å². The van der Waals surface area contributed by atoms with Crippen LogP contribution >= 0.6 is 11.3 Å². The van der Waals surface area contributed by atoms with Crippen molar-refractivity contribution in [3.63, 3.8) is 0 Å². The minimum atomic E-state index is -0.0785. The number of furan rings is 1. The monoisotopic (exact) mass is 464 g/mol. The lowest BCUT2D eigenvalue weighted by Crippen LogP contribution is -2.49. The molecule has 3 aromatic heterocycles. The summed E-state index contributed by atoms with van der Waals surface area (Å²) in [5.41, 5.74) is 2.07. The molecule has 8 nitrogen and oxygen atoms in total. The molecule has 0 unspecified atom stereocenters. The van der Waals surface area contributed by atoms with Gasteiger partial charge in [-0.25, -0.2) is 9.97 Å². The zero-order chi connectivity index (χ0) is 22.9. The van der Waals surface area contributed by atoms with Crippen LogP contribution in [0.15, 0.2) is 46.4 Å². The molecule has 0 atom stereocenters.